The first-order valence-corrected chi connectivity index (χ1v) is 13.7. The van der Waals surface area contributed by atoms with Crippen LogP contribution in [-0.2, 0) is 17.9 Å². The number of hydrogen-bond acceptors (Lipinski definition) is 5. The minimum absolute atomic E-state index is 0.152. The fraction of sp³-hybridized carbons (Fsp3) is 0.233. The average Bonchev–Trinajstić information content (AvgIpc) is 3.39. The summed E-state index contributed by atoms with van der Waals surface area (Å²) in [4.78, 5) is 31.3. The van der Waals surface area contributed by atoms with Gasteiger partial charge in [-0.25, -0.2) is 9.78 Å². The van der Waals surface area contributed by atoms with Gasteiger partial charge in [-0.2, -0.15) is 0 Å². The van der Waals surface area contributed by atoms with Crippen molar-refractivity contribution in [2.24, 2.45) is 5.92 Å². The van der Waals surface area contributed by atoms with Crippen molar-refractivity contribution in [3.63, 3.8) is 0 Å². The molecule has 1 heterocycles. The molecule has 1 unspecified atom stereocenters. The number of amides is 1. The fourth-order valence-electron chi connectivity index (χ4n) is 4.11. The molecule has 2 N–H and O–H groups in total. The summed E-state index contributed by atoms with van der Waals surface area (Å²) in [6, 6.07) is 24.2. The molecule has 4 aromatic rings. The number of carbonyl (C=O) groups excluding carboxylic acids is 1. The normalized spacial score (nSPS) is 11.8. The first kappa shape index (κ1) is 27.4. The van der Waals surface area contributed by atoms with Gasteiger partial charge in [-0.05, 0) is 41.7 Å². The monoisotopic (exact) mass is 547 g/mol. The Morgan fingerprint density at radius 2 is 1.58 bits per heavy atom. The highest BCUT2D eigenvalue weighted by Gasteiger charge is 2.22. The third-order valence-electron chi connectivity index (χ3n) is 6.03. The van der Waals surface area contributed by atoms with Gasteiger partial charge in [0.15, 0.2) is 5.13 Å². The van der Waals surface area contributed by atoms with Gasteiger partial charge in [-0.3, -0.25) is 4.79 Å². The van der Waals surface area contributed by atoms with Crippen molar-refractivity contribution < 1.29 is 14.7 Å². The topological polar surface area (TPSA) is 82.5 Å². The van der Waals surface area contributed by atoms with Crippen LogP contribution in [0.5, 0.6) is 0 Å². The summed E-state index contributed by atoms with van der Waals surface area (Å²) in [6.07, 6.45) is 0.373. The summed E-state index contributed by atoms with van der Waals surface area (Å²) in [5.74, 6) is -1.27. The number of halogens is 1. The maximum Gasteiger partial charge on any atom is 0.326 e. The van der Waals surface area contributed by atoms with Crippen LogP contribution in [0.25, 0.3) is 11.3 Å². The largest absolute Gasteiger partial charge is 0.480 e. The van der Waals surface area contributed by atoms with E-state index in [-0.39, 0.29) is 5.92 Å². The highest BCUT2D eigenvalue weighted by molar-refractivity contribution is 7.14. The number of aromatic nitrogens is 1. The van der Waals surface area contributed by atoms with Crippen LogP contribution < -0.4 is 10.2 Å². The van der Waals surface area contributed by atoms with E-state index in [1.165, 1.54) is 0 Å². The maximum absolute atomic E-state index is 12.7. The first-order valence-electron chi connectivity index (χ1n) is 12.4. The van der Waals surface area contributed by atoms with Crippen molar-refractivity contribution in [2.45, 2.75) is 39.4 Å². The van der Waals surface area contributed by atoms with E-state index in [1.54, 1.807) is 23.5 Å². The van der Waals surface area contributed by atoms with Crippen molar-refractivity contribution in [3.8, 4) is 11.3 Å². The SMILES string of the molecule is CC(C)CC(NC(=O)c1ccc(CN(Cc2ccccc2)c2nc(-c3ccccc3Cl)cs2)cc1)C(=O)O. The molecule has 3 aromatic carbocycles. The average molecular weight is 548 g/mol. The predicted molar refractivity (Wildman–Crippen MR) is 154 cm³/mol. The summed E-state index contributed by atoms with van der Waals surface area (Å²) in [7, 11) is 0. The van der Waals surface area contributed by atoms with E-state index < -0.39 is 17.9 Å². The van der Waals surface area contributed by atoms with E-state index in [9.17, 15) is 14.7 Å². The molecular formula is C30H30ClN3O3S. The summed E-state index contributed by atoms with van der Waals surface area (Å²) in [6.45, 7) is 5.10. The summed E-state index contributed by atoms with van der Waals surface area (Å²) < 4.78 is 0. The number of carboxylic acids is 1. The van der Waals surface area contributed by atoms with Crippen LogP contribution in [0, 0.1) is 5.92 Å². The number of hydrogen-bond donors (Lipinski definition) is 2. The molecule has 196 valence electrons. The molecule has 1 atom stereocenters. The van der Waals surface area contributed by atoms with Crippen LogP contribution >= 0.6 is 22.9 Å². The van der Waals surface area contributed by atoms with Gasteiger partial charge in [0.05, 0.1) is 5.69 Å². The van der Waals surface area contributed by atoms with E-state index in [0.717, 1.165) is 27.5 Å². The lowest BCUT2D eigenvalue weighted by Gasteiger charge is -2.22. The van der Waals surface area contributed by atoms with Gasteiger partial charge < -0.3 is 15.3 Å². The van der Waals surface area contributed by atoms with Crippen molar-refractivity contribution in [3.05, 3.63) is 106 Å². The Balaban J connectivity index is 1.53. The van der Waals surface area contributed by atoms with Gasteiger partial charge in [0.1, 0.15) is 6.04 Å². The molecule has 0 aliphatic heterocycles. The molecule has 0 aliphatic carbocycles. The Morgan fingerprint density at radius 1 is 0.947 bits per heavy atom. The molecule has 0 saturated carbocycles. The molecule has 0 bridgehead atoms. The number of thiazole rings is 1. The summed E-state index contributed by atoms with van der Waals surface area (Å²) in [5, 5.41) is 15.6. The minimum atomic E-state index is -1.03. The highest BCUT2D eigenvalue weighted by Crippen LogP contribution is 2.33. The fourth-order valence-corrected chi connectivity index (χ4v) is 5.17. The van der Waals surface area contributed by atoms with Gasteiger partial charge in [-0.15, -0.1) is 11.3 Å². The molecule has 0 fully saturated rings. The number of nitrogens with zero attached hydrogens (tertiary/aromatic N) is 2. The quantitative estimate of drug-likeness (QED) is 0.213. The van der Waals surface area contributed by atoms with Crippen LogP contribution in [0.4, 0.5) is 5.13 Å². The van der Waals surface area contributed by atoms with Crippen LogP contribution in [0.1, 0.15) is 41.8 Å². The molecule has 0 saturated heterocycles. The third kappa shape index (κ3) is 7.21. The van der Waals surface area contributed by atoms with Crippen LogP contribution in [-0.4, -0.2) is 28.0 Å². The van der Waals surface area contributed by atoms with Crippen molar-refractivity contribution in [2.75, 3.05) is 4.90 Å². The number of carbonyl (C=O) groups is 2. The Hall–Kier alpha value is -3.68. The molecule has 4 rings (SSSR count). The van der Waals surface area contributed by atoms with E-state index in [4.69, 9.17) is 16.6 Å². The lowest BCUT2D eigenvalue weighted by atomic mass is 10.0. The van der Waals surface area contributed by atoms with Gasteiger partial charge in [0, 0.05) is 34.6 Å². The lowest BCUT2D eigenvalue weighted by molar-refractivity contribution is -0.139. The summed E-state index contributed by atoms with van der Waals surface area (Å²) in [5.41, 5.74) is 4.30. The molecule has 8 heteroatoms. The number of aliphatic carboxylic acids is 1. The molecular weight excluding hydrogens is 518 g/mol. The van der Waals surface area contributed by atoms with Crippen LogP contribution in [0.15, 0.2) is 84.2 Å². The Kier molecular flexibility index (Phi) is 9.15. The zero-order chi connectivity index (χ0) is 27.1. The molecule has 38 heavy (non-hydrogen) atoms. The third-order valence-corrected chi connectivity index (χ3v) is 7.26. The van der Waals surface area contributed by atoms with Gasteiger partial charge in [-0.1, -0.05) is 86.1 Å². The van der Waals surface area contributed by atoms with E-state index in [0.29, 0.717) is 30.1 Å². The van der Waals surface area contributed by atoms with Gasteiger partial charge in [0.25, 0.3) is 5.91 Å². The number of carboxylic acid groups (broad SMARTS) is 1. The summed E-state index contributed by atoms with van der Waals surface area (Å²) >= 11 is 7.97. The standard InChI is InChI=1S/C30H30ClN3O3S/c1-20(2)16-26(29(36)37)32-28(35)23-14-12-22(13-15-23)18-34(17-21-8-4-3-5-9-21)30-33-27(19-38-30)24-10-6-7-11-25(24)31/h3-15,19-20,26H,16-18H2,1-2H3,(H,32,35)(H,36,37). The second-order valence-electron chi connectivity index (χ2n) is 9.53. The Bertz CT molecular complexity index is 1370. The minimum Gasteiger partial charge on any atom is -0.480 e. The Labute approximate surface area is 231 Å². The zero-order valence-corrected chi connectivity index (χ0v) is 22.9. The van der Waals surface area contributed by atoms with Crippen molar-refractivity contribution >= 4 is 39.9 Å². The van der Waals surface area contributed by atoms with Gasteiger partial charge in [0.2, 0.25) is 0 Å². The number of benzene rings is 3. The maximum atomic E-state index is 12.7. The smallest absolute Gasteiger partial charge is 0.326 e. The number of rotatable bonds is 11. The lowest BCUT2D eigenvalue weighted by Crippen LogP contribution is -2.41. The molecule has 0 spiro atoms. The first-order chi connectivity index (χ1) is 18.3. The van der Waals surface area contributed by atoms with E-state index in [2.05, 4.69) is 22.3 Å². The van der Waals surface area contributed by atoms with Crippen molar-refractivity contribution in [1.82, 2.24) is 10.3 Å². The van der Waals surface area contributed by atoms with Gasteiger partial charge >= 0.3 is 5.97 Å². The zero-order valence-electron chi connectivity index (χ0n) is 21.3. The highest BCUT2D eigenvalue weighted by atomic mass is 35.5. The van der Waals surface area contributed by atoms with Crippen LogP contribution in [0.2, 0.25) is 5.02 Å². The van der Waals surface area contributed by atoms with Crippen molar-refractivity contribution in [1.29, 1.82) is 0 Å². The number of anilines is 1. The molecule has 6 nitrogen and oxygen atoms in total. The van der Waals surface area contributed by atoms with E-state index >= 15 is 0 Å². The van der Waals surface area contributed by atoms with Crippen LogP contribution in [0.3, 0.4) is 0 Å². The second-order valence-corrected chi connectivity index (χ2v) is 10.8. The molecule has 0 aliphatic rings. The second kappa shape index (κ2) is 12.7. The molecule has 1 aromatic heterocycles. The van der Waals surface area contributed by atoms with E-state index in [1.807, 2.05) is 73.8 Å². The molecule has 0 radical (unpaired) electrons. The molecule has 1 amide bonds. The number of nitrogens with one attached hydrogen (secondary N) is 1. The Morgan fingerprint density at radius 3 is 2.21 bits per heavy atom. The predicted octanol–water partition coefficient (Wildman–Crippen LogP) is 6.90.